The van der Waals surface area contributed by atoms with E-state index in [9.17, 15) is 13.2 Å². The third-order valence-corrected chi connectivity index (χ3v) is 2.28. The highest BCUT2D eigenvalue weighted by Gasteiger charge is 2.34. The molecule has 1 aromatic rings. The Bertz CT molecular complexity index is 457. The highest BCUT2D eigenvalue weighted by Crippen LogP contribution is 2.36. The zero-order valence-corrected chi connectivity index (χ0v) is 10.6. The molecular weight excluding hydrogens is 283 g/mol. The molecule has 0 fully saturated rings. The van der Waals surface area contributed by atoms with E-state index in [4.69, 9.17) is 26.3 Å². The van der Waals surface area contributed by atoms with Gasteiger partial charge in [0.2, 0.25) is 0 Å². The van der Waals surface area contributed by atoms with Crippen LogP contribution in [0.15, 0.2) is 18.2 Å². The van der Waals surface area contributed by atoms with Gasteiger partial charge in [-0.1, -0.05) is 0 Å². The molecule has 0 aliphatic heterocycles. The first-order chi connectivity index (χ1) is 8.99. The maximum atomic E-state index is 12.8. The van der Waals surface area contributed by atoms with E-state index in [1.54, 1.807) is 6.07 Å². The average molecular weight is 294 g/mol. The summed E-state index contributed by atoms with van der Waals surface area (Å²) in [6.45, 7) is 0.431. The molecule has 1 rings (SSSR count). The van der Waals surface area contributed by atoms with Crippen LogP contribution in [-0.2, 0) is 10.9 Å². The molecule has 0 aromatic heterocycles. The van der Waals surface area contributed by atoms with Gasteiger partial charge in [0, 0.05) is 5.88 Å². The standard InChI is InChI=1S/C12H11ClF3NO2/c13-3-4-18-5-6-19-11-2-1-9(8-17)7-10(11)12(14,15)16/h1-2,7H,3-6H2. The van der Waals surface area contributed by atoms with Crippen LogP contribution in [0.1, 0.15) is 11.1 Å². The summed E-state index contributed by atoms with van der Waals surface area (Å²) in [5, 5.41) is 8.60. The summed E-state index contributed by atoms with van der Waals surface area (Å²) in [4.78, 5) is 0. The lowest BCUT2D eigenvalue weighted by atomic mass is 10.1. The molecule has 0 aliphatic rings. The van der Waals surface area contributed by atoms with Crippen molar-refractivity contribution < 1.29 is 22.6 Å². The largest absolute Gasteiger partial charge is 0.491 e. The summed E-state index contributed by atoms with van der Waals surface area (Å²) in [6, 6.07) is 4.81. The van der Waals surface area contributed by atoms with E-state index in [-0.39, 0.29) is 24.5 Å². The van der Waals surface area contributed by atoms with Crippen molar-refractivity contribution in [2.24, 2.45) is 0 Å². The molecule has 0 N–H and O–H groups in total. The summed E-state index contributed by atoms with van der Waals surface area (Å²) >= 11 is 5.37. The van der Waals surface area contributed by atoms with Crippen LogP contribution in [0.5, 0.6) is 5.75 Å². The molecule has 0 bridgehead atoms. The number of benzene rings is 1. The first-order valence-corrected chi connectivity index (χ1v) is 5.90. The van der Waals surface area contributed by atoms with Crippen LogP contribution in [0.25, 0.3) is 0 Å². The Balaban J connectivity index is 2.74. The molecule has 0 unspecified atom stereocenters. The zero-order valence-electron chi connectivity index (χ0n) is 9.84. The molecule has 104 valence electrons. The van der Waals surface area contributed by atoms with Crippen LogP contribution >= 0.6 is 11.6 Å². The zero-order chi connectivity index (χ0) is 14.3. The summed E-state index contributed by atoms with van der Waals surface area (Å²) in [6.07, 6.45) is -4.57. The Kier molecular flexibility index (Phi) is 5.93. The van der Waals surface area contributed by atoms with Gasteiger partial charge in [-0.05, 0) is 18.2 Å². The number of nitriles is 1. The third kappa shape index (κ3) is 4.97. The second-order valence-electron chi connectivity index (χ2n) is 3.47. The molecule has 0 atom stereocenters. The highest BCUT2D eigenvalue weighted by molar-refractivity contribution is 6.17. The van der Waals surface area contributed by atoms with Crippen molar-refractivity contribution in [3.63, 3.8) is 0 Å². The van der Waals surface area contributed by atoms with E-state index in [1.807, 2.05) is 0 Å². The van der Waals surface area contributed by atoms with Crippen LogP contribution in [0.2, 0.25) is 0 Å². The topological polar surface area (TPSA) is 42.2 Å². The van der Waals surface area contributed by atoms with E-state index in [0.29, 0.717) is 12.5 Å². The molecule has 0 radical (unpaired) electrons. The molecule has 3 nitrogen and oxygen atoms in total. The molecule has 0 heterocycles. The van der Waals surface area contributed by atoms with Crippen molar-refractivity contribution in [1.29, 1.82) is 5.26 Å². The molecule has 1 aromatic carbocycles. The molecule has 7 heteroatoms. The molecule has 0 saturated carbocycles. The fraction of sp³-hybridized carbons (Fsp3) is 0.417. The third-order valence-electron chi connectivity index (χ3n) is 2.12. The number of alkyl halides is 4. The lowest BCUT2D eigenvalue weighted by Crippen LogP contribution is -2.13. The quantitative estimate of drug-likeness (QED) is 0.597. The van der Waals surface area contributed by atoms with Crippen LogP contribution in [0, 0.1) is 11.3 Å². The Hall–Kier alpha value is -1.45. The Morgan fingerprint density at radius 2 is 1.95 bits per heavy atom. The predicted molar refractivity (Wildman–Crippen MR) is 63.2 cm³/mol. The molecule has 0 aliphatic carbocycles. The van der Waals surface area contributed by atoms with Crippen LogP contribution in [-0.4, -0.2) is 25.7 Å². The van der Waals surface area contributed by atoms with Gasteiger partial charge in [-0.2, -0.15) is 18.4 Å². The SMILES string of the molecule is N#Cc1ccc(OCCOCCCl)c(C(F)(F)F)c1. The van der Waals surface area contributed by atoms with Gasteiger partial charge >= 0.3 is 6.18 Å². The van der Waals surface area contributed by atoms with E-state index < -0.39 is 11.7 Å². The predicted octanol–water partition coefficient (Wildman–Crippen LogP) is 3.21. The number of hydrogen-bond donors (Lipinski definition) is 0. The number of hydrogen-bond acceptors (Lipinski definition) is 3. The van der Waals surface area contributed by atoms with E-state index in [2.05, 4.69) is 0 Å². The fourth-order valence-corrected chi connectivity index (χ4v) is 1.42. The first kappa shape index (κ1) is 15.6. The minimum Gasteiger partial charge on any atom is -0.491 e. The molecule has 19 heavy (non-hydrogen) atoms. The van der Waals surface area contributed by atoms with Gasteiger partial charge in [-0.25, -0.2) is 0 Å². The van der Waals surface area contributed by atoms with Crippen molar-refractivity contribution in [3.8, 4) is 11.8 Å². The van der Waals surface area contributed by atoms with Gasteiger partial charge in [0.25, 0.3) is 0 Å². The number of nitrogens with zero attached hydrogens (tertiary/aromatic N) is 1. The van der Waals surface area contributed by atoms with Crippen molar-refractivity contribution in [3.05, 3.63) is 29.3 Å². The maximum Gasteiger partial charge on any atom is 0.420 e. The van der Waals surface area contributed by atoms with Crippen molar-refractivity contribution in [1.82, 2.24) is 0 Å². The van der Waals surface area contributed by atoms with E-state index in [0.717, 1.165) is 12.1 Å². The fourth-order valence-electron chi connectivity index (χ4n) is 1.31. The number of rotatable bonds is 6. The van der Waals surface area contributed by atoms with Gasteiger partial charge in [-0.15, -0.1) is 11.6 Å². The number of ether oxygens (including phenoxy) is 2. The lowest BCUT2D eigenvalue weighted by Gasteiger charge is -2.14. The first-order valence-electron chi connectivity index (χ1n) is 5.37. The molecule has 0 amide bonds. The molecule has 0 saturated heterocycles. The minimum absolute atomic E-state index is 0.0220. The smallest absolute Gasteiger partial charge is 0.420 e. The van der Waals surface area contributed by atoms with Gasteiger partial charge in [0.05, 0.1) is 30.4 Å². The molecular formula is C12H11ClF3NO2. The van der Waals surface area contributed by atoms with Gasteiger partial charge < -0.3 is 9.47 Å². The maximum absolute atomic E-state index is 12.8. The second kappa shape index (κ2) is 7.22. The van der Waals surface area contributed by atoms with Crippen molar-refractivity contribution in [2.45, 2.75) is 6.18 Å². The summed E-state index contributed by atoms with van der Waals surface area (Å²) < 4.78 is 48.3. The van der Waals surface area contributed by atoms with Crippen LogP contribution in [0.4, 0.5) is 13.2 Å². The second-order valence-corrected chi connectivity index (χ2v) is 3.85. The van der Waals surface area contributed by atoms with Crippen LogP contribution < -0.4 is 4.74 Å². The summed E-state index contributed by atoms with van der Waals surface area (Å²) in [7, 11) is 0. The monoisotopic (exact) mass is 293 g/mol. The highest BCUT2D eigenvalue weighted by atomic mass is 35.5. The average Bonchev–Trinajstić information content (AvgIpc) is 2.37. The van der Waals surface area contributed by atoms with Gasteiger partial charge in [0.1, 0.15) is 12.4 Å². The minimum atomic E-state index is -4.57. The lowest BCUT2D eigenvalue weighted by molar-refractivity contribution is -0.139. The normalized spacial score (nSPS) is 11.1. The van der Waals surface area contributed by atoms with Crippen molar-refractivity contribution >= 4 is 11.6 Å². The Labute approximate surface area is 113 Å². The van der Waals surface area contributed by atoms with E-state index >= 15 is 0 Å². The van der Waals surface area contributed by atoms with Crippen LogP contribution in [0.3, 0.4) is 0 Å². The summed E-state index contributed by atoms with van der Waals surface area (Å²) in [5.41, 5.74) is -1.04. The molecule has 0 spiro atoms. The van der Waals surface area contributed by atoms with E-state index in [1.165, 1.54) is 6.07 Å². The Morgan fingerprint density at radius 3 is 2.53 bits per heavy atom. The summed E-state index contributed by atoms with van der Waals surface area (Å²) in [5.74, 6) is -0.00836. The number of halogens is 4. The Morgan fingerprint density at radius 1 is 1.21 bits per heavy atom. The van der Waals surface area contributed by atoms with Crippen molar-refractivity contribution in [2.75, 3.05) is 25.7 Å². The van der Waals surface area contributed by atoms with Gasteiger partial charge in [-0.3, -0.25) is 0 Å². The van der Waals surface area contributed by atoms with Gasteiger partial charge in [0.15, 0.2) is 0 Å².